The van der Waals surface area contributed by atoms with Gasteiger partial charge in [-0.1, -0.05) is 6.07 Å². The second kappa shape index (κ2) is 7.16. The molecule has 1 saturated heterocycles. The number of ether oxygens (including phenoxy) is 1. The number of benzene rings is 1. The van der Waals surface area contributed by atoms with Crippen LogP contribution in [-0.2, 0) is 13.0 Å². The lowest BCUT2D eigenvalue weighted by Crippen LogP contribution is -2.21. The van der Waals surface area contributed by atoms with Crippen LogP contribution in [0.1, 0.15) is 5.82 Å². The number of nitrogens with zero attached hydrogens (tertiary/aromatic N) is 2. The summed E-state index contributed by atoms with van der Waals surface area (Å²) in [6, 6.07) is 6.13. The van der Waals surface area contributed by atoms with Gasteiger partial charge in [-0.05, 0) is 12.1 Å². The number of alkyl halides is 1. The van der Waals surface area contributed by atoms with Gasteiger partial charge < -0.3 is 9.30 Å². The van der Waals surface area contributed by atoms with Crippen LogP contribution in [0.3, 0.4) is 0 Å². The van der Waals surface area contributed by atoms with Crippen LogP contribution in [0.5, 0.6) is 5.75 Å². The van der Waals surface area contributed by atoms with Gasteiger partial charge in [0.05, 0.1) is 12.6 Å². The van der Waals surface area contributed by atoms with Gasteiger partial charge in [-0.3, -0.25) is 0 Å². The molecule has 1 unspecified atom stereocenters. The monoisotopic (exact) mass is 342 g/mol. The zero-order chi connectivity index (χ0) is 14.7. The van der Waals surface area contributed by atoms with E-state index in [-0.39, 0.29) is 0 Å². The first-order chi connectivity index (χ1) is 10.3. The summed E-state index contributed by atoms with van der Waals surface area (Å²) in [6.07, 6.45) is 0.796. The highest BCUT2D eigenvalue weighted by Crippen LogP contribution is 2.30. The highest BCUT2D eigenvalue weighted by molar-refractivity contribution is 8.06. The van der Waals surface area contributed by atoms with E-state index < -0.39 is 0 Å². The van der Waals surface area contributed by atoms with Gasteiger partial charge in [0.1, 0.15) is 17.1 Å². The summed E-state index contributed by atoms with van der Waals surface area (Å²) in [5.41, 5.74) is 2.11. The fourth-order valence-corrected chi connectivity index (χ4v) is 5.48. The van der Waals surface area contributed by atoms with Crippen LogP contribution in [-0.4, -0.2) is 45.0 Å². The Kier molecular flexibility index (Phi) is 5.24. The minimum atomic E-state index is 0.595. The van der Waals surface area contributed by atoms with E-state index in [1.807, 2.05) is 12.1 Å². The first-order valence-corrected chi connectivity index (χ1v) is 9.84. The molecule has 0 saturated carbocycles. The van der Waals surface area contributed by atoms with Crippen LogP contribution in [0.15, 0.2) is 18.2 Å². The Labute approximate surface area is 138 Å². The van der Waals surface area contributed by atoms with Gasteiger partial charge in [0.25, 0.3) is 0 Å². The number of thioether (sulfide) groups is 2. The summed E-state index contributed by atoms with van der Waals surface area (Å²) in [6.45, 7) is 1.01. The summed E-state index contributed by atoms with van der Waals surface area (Å²) in [5.74, 6) is 6.24. The number of para-hydroxylation sites is 1. The first kappa shape index (κ1) is 15.4. The van der Waals surface area contributed by atoms with Crippen molar-refractivity contribution in [3.63, 3.8) is 0 Å². The molecule has 0 bridgehead atoms. The van der Waals surface area contributed by atoms with Gasteiger partial charge in [0.15, 0.2) is 0 Å². The number of halogens is 1. The van der Waals surface area contributed by atoms with E-state index in [0.29, 0.717) is 11.1 Å². The topological polar surface area (TPSA) is 27.1 Å². The number of aromatic nitrogens is 2. The van der Waals surface area contributed by atoms with Gasteiger partial charge in [-0.25, -0.2) is 4.98 Å². The molecule has 1 aromatic carbocycles. The highest BCUT2D eigenvalue weighted by Gasteiger charge is 2.19. The lowest BCUT2D eigenvalue weighted by atomic mass is 10.3. The molecule has 0 spiro atoms. The maximum absolute atomic E-state index is 5.96. The quantitative estimate of drug-likeness (QED) is 0.775. The van der Waals surface area contributed by atoms with Crippen molar-refractivity contribution in [3.05, 3.63) is 24.0 Å². The molecule has 1 aliphatic rings. The maximum atomic E-state index is 5.96. The van der Waals surface area contributed by atoms with Crippen molar-refractivity contribution in [2.75, 3.05) is 30.2 Å². The molecule has 1 fully saturated rings. The Morgan fingerprint density at radius 2 is 2.33 bits per heavy atom. The van der Waals surface area contributed by atoms with E-state index in [9.17, 15) is 0 Å². The smallest absolute Gasteiger partial charge is 0.146 e. The molecule has 6 heteroatoms. The van der Waals surface area contributed by atoms with Gasteiger partial charge in [0, 0.05) is 41.4 Å². The molecular formula is C15H19ClN2OS2. The summed E-state index contributed by atoms with van der Waals surface area (Å²) in [7, 11) is 1.70. The van der Waals surface area contributed by atoms with Crippen molar-refractivity contribution in [3.8, 4) is 5.75 Å². The van der Waals surface area contributed by atoms with Crippen LogP contribution < -0.4 is 4.74 Å². The van der Waals surface area contributed by atoms with E-state index in [1.165, 1.54) is 17.3 Å². The molecule has 114 valence electrons. The summed E-state index contributed by atoms with van der Waals surface area (Å²) >= 11 is 10.1. The van der Waals surface area contributed by atoms with Gasteiger partial charge in [-0.15, -0.1) is 11.6 Å². The molecule has 3 rings (SSSR count). The molecule has 0 amide bonds. The van der Waals surface area contributed by atoms with Gasteiger partial charge in [-0.2, -0.15) is 23.5 Å². The largest absolute Gasteiger partial charge is 0.494 e. The van der Waals surface area contributed by atoms with Crippen molar-refractivity contribution < 1.29 is 4.74 Å². The van der Waals surface area contributed by atoms with Crippen molar-refractivity contribution in [1.29, 1.82) is 0 Å². The third-order valence-electron chi connectivity index (χ3n) is 3.63. The molecule has 3 nitrogen and oxygen atoms in total. The zero-order valence-electron chi connectivity index (χ0n) is 12.0. The second-order valence-corrected chi connectivity index (χ2v) is 7.91. The highest BCUT2D eigenvalue weighted by atomic mass is 35.5. The van der Waals surface area contributed by atoms with Crippen LogP contribution in [0.4, 0.5) is 0 Å². The molecule has 1 aromatic heterocycles. The fraction of sp³-hybridized carbons (Fsp3) is 0.533. The van der Waals surface area contributed by atoms with Crippen molar-refractivity contribution in [2.24, 2.45) is 0 Å². The van der Waals surface area contributed by atoms with Gasteiger partial charge >= 0.3 is 0 Å². The molecule has 21 heavy (non-hydrogen) atoms. The summed E-state index contributed by atoms with van der Waals surface area (Å²) in [4.78, 5) is 4.78. The fourth-order valence-electron chi connectivity index (χ4n) is 2.66. The third kappa shape index (κ3) is 3.30. The van der Waals surface area contributed by atoms with Crippen LogP contribution in [0.2, 0.25) is 0 Å². The first-order valence-electron chi connectivity index (χ1n) is 7.11. The normalized spacial score (nSPS) is 19.0. The van der Waals surface area contributed by atoms with E-state index in [2.05, 4.69) is 34.2 Å². The Bertz CT molecular complexity index is 611. The number of rotatable bonds is 5. The van der Waals surface area contributed by atoms with Crippen molar-refractivity contribution in [1.82, 2.24) is 9.55 Å². The summed E-state index contributed by atoms with van der Waals surface area (Å²) < 4.78 is 7.78. The minimum Gasteiger partial charge on any atom is -0.494 e. The third-order valence-corrected chi connectivity index (χ3v) is 6.65. The van der Waals surface area contributed by atoms with Crippen LogP contribution in [0.25, 0.3) is 11.0 Å². The van der Waals surface area contributed by atoms with Crippen LogP contribution in [0, 0.1) is 0 Å². The number of methoxy groups -OCH3 is 1. The van der Waals surface area contributed by atoms with E-state index >= 15 is 0 Å². The van der Waals surface area contributed by atoms with Gasteiger partial charge in [0.2, 0.25) is 0 Å². The van der Waals surface area contributed by atoms with E-state index in [4.69, 9.17) is 21.3 Å². The van der Waals surface area contributed by atoms with Crippen molar-refractivity contribution >= 4 is 46.2 Å². The second-order valence-electron chi connectivity index (χ2n) is 4.97. The molecule has 1 atom stereocenters. The Balaban J connectivity index is 1.99. The Morgan fingerprint density at radius 1 is 1.43 bits per heavy atom. The summed E-state index contributed by atoms with van der Waals surface area (Å²) in [5, 5.41) is 0.654. The average Bonchev–Trinajstić information content (AvgIpc) is 2.87. The Morgan fingerprint density at radius 3 is 3.05 bits per heavy atom. The number of hydrogen-bond acceptors (Lipinski definition) is 4. The van der Waals surface area contributed by atoms with Crippen molar-refractivity contribution in [2.45, 2.75) is 18.2 Å². The van der Waals surface area contributed by atoms with E-state index in [0.717, 1.165) is 35.6 Å². The average molecular weight is 343 g/mol. The molecule has 0 N–H and O–H groups in total. The molecule has 2 heterocycles. The standard InChI is InChI=1S/C15H19ClN2OS2/c1-19-13-4-2-3-12-15(13)17-14(5-6-16)18(12)9-11-10-20-7-8-21-11/h2-4,11H,5-10H2,1H3. The van der Waals surface area contributed by atoms with E-state index in [1.54, 1.807) is 7.11 Å². The number of fused-ring (bicyclic) bond motifs is 1. The molecule has 2 aromatic rings. The zero-order valence-corrected chi connectivity index (χ0v) is 14.4. The molecule has 0 radical (unpaired) electrons. The Hall–Kier alpha value is -0.520. The lowest BCUT2D eigenvalue weighted by Gasteiger charge is -2.22. The lowest BCUT2D eigenvalue weighted by molar-refractivity contribution is 0.419. The van der Waals surface area contributed by atoms with Crippen LogP contribution >= 0.6 is 35.1 Å². The predicted molar refractivity (Wildman–Crippen MR) is 94.3 cm³/mol. The number of imidazole rings is 1. The molecular weight excluding hydrogens is 324 g/mol. The number of aryl methyl sites for hydroxylation is 1. The predicted octanol–water partition coefficient (Wildman–Crippen LogP) is 3.67. The number of hydrogen-bond donors (Lipinski definition) is 0. The molecule has 1 aliphatic heterocycles. The maximum Gasteiger partial charge on any atom is 0.146 e. The SMILES string of the molecule is COc1cccc2c1nc(CCCl)n2CC1CSCCS1. The molecule has 0 aliphatic carbocycles. The minimum absolute atomic E-state index is 0.595.